The Labute approximate surface area is 182 Å². The van der Waals surface area contributed by atoms with E-state index < -0.39 is 0 Å². The molecule has 4 nitrogen and oxygen atoms in total. The Morgan fingerprint density at radius 2 is 1.63 bits per heavy atom. The molecule has 0 fully saturated rings. The van der Waals surface area contributed by atoms with Gasteiger partial charge < -0.3 is 9.47 Å². The number of allylic oxidation sites excluding steroid dienone is 1. The molecule has 3 aromatic carbocycles. The third kappa shape index (κ3) is 4.34. The Balaban J connectivity index is 1.65. The molecule has 0 aliphatic carbocycles. The lowest BCUT2D eigenvalue weighted by Crippen LogP contribution is -2.19. The second-order valence-corrected chi connectivity index (χ2v) is 7.42. The summed E-state index contributed by atoms with van der Waals surface area (Å²) in [6, 6.07) is 23.8. The predicted molar refractivity (Wildman–Crippen MR) is 124 cm³/mol. The summed E-state index contributed by atoms with van der Waals surface area (Å²) in [4.78, 5) is 0. The maximum atomic E-state index is 6.09. The Kier molecular flexibility index (Phi) is 6.05. The molecule has 0 radical (unpaired) electrons. The Morgan fingerprint density at radius 1 is 0.900 bits per heavy atom. The standard InChI is InChI=1S/C25H23ClN2O2/c1-29-22-15-8-18(9-16-22)7-12-20-17-24(23-5-3-4-6-25(23)30-2)28(27-20)21-13-10-19(26)11-14-21/h3-16,24H,17H2,1-2H3/b12-7+/t24-/m0/s1. The number of hydrazone groups is 1. The summed E-state index contributed by atoms with van der Waals surface area (Å²) in [5.41, 5.74) is 4.18. The van der Waals surface area contributed by atoms with E-state index in [-0.39, 0.29) is 6.04 Å². The molecule has 0 unspecified atom stereocenters. The number of hydrogen-bond acceptors (Lipinski definition) is 4. The first-order valence-corrected chi connectivity index (χ1v) is 10.1. The van der Waals surface area contributed by atoms with E-state index in [0.29, 0.717) is 5.02 Å². The van der Waals surface area contributed by atoms with Gasteiger partial charge in [-0.3, -0.25) is 5.01 Å². The topological polar surface area (TPSA) is 34.1 Å². The molecule has 4 rings (SSSR count). The van der Waals surface area contributed by atoms with Gasteiger partial charge in [0, 0.05) is 17.0 Å². The normalized spacial score (nSPS) is 16.0. The van der Waals surface area contributed by atoms with E-state index in [4.69, 9.17) is 26.2 Å². The fourth-order valence-corrected chi connectivity index (χ4v) is 3.68. The van der Waals surface area contributed by atoms with Crippen molar-refractivity contribution in [1.82, 2.24) is 0 Å². The van der Waals surface area contributed by atoms with Crippen molar-refractivity contribution in [2.45, 2.75) is 12.5 Å². The van der Waals surface area contributed by atoms with Crippen LogP contribution in [0.5, 0.6) is 11.5 Å². The molecule has 30 heavy (non-hydrogen) atoms. The van der Waals surface area contributed by atoms with Crippen LogP contribution in [0.4, 0.5) is 5.69 Å². The van der Waals surface area contributed by atoms with Crippen molar-refractivity contribution < 1.29 is 9.47 Å². The van der Waals surface area contributed by atoms with Crippen molar-refractivity contribution in [3.63, 3.8) is 0 Å². The number of methoxy groups -OCH3 is 2. The third-order valence-corrected chi connectivity index (χ3v) is 5.36. The first kappa shape index (κ1) is 20.0. The van der Waals surface area contributed by atoms with Gasteiger partial charge >= 0.3 is 0 Å². The van der Waals surface area contributed by atoms with Crippen molar-refractivity contribution in [2.75, 3.05) is 19.2 Å². The molecule has 0 bridgehead atoms. The second kappa shape index (κ2) is 9.06. The number of ether oxygens (including phenoxy) is 2. The third-order valence-electron chi connectivity index (χ3n) is 5.11. The summed E-state index contributed by atoms with van der Waals surface area (Å²) in [7, 11) is 3.37. The van der Waals surface area contributed by atoms with Gasteiger partial charge in [-0.05, 0) is 54.1 Å². The second-order valence-electron chi connectivity index (χ2n) is 6.98. The molecule has 1 atom stereocenters. The quantitative estimate of drug-likeness (QED) is 0.466. The predicted octanol–water partition coefficient (Wildman–Crippen LogP) is 6.38. The molecule has 0 N–H and O–H groups in total. The van der Waals surface area contributed by atoms with Crippen LogP contribution in [-0.4, -0.2) is 19.9 Å². The highest BCUT2D eigenvalue weighted by molar-refractivity contribution is 6.30. The largest absolute Gasteiger partial charge is 0.497 e. The van der Waals surface area contributed by atoms with Gasteiger partial charge in [0.05, 0.1) is 31.7 Å². The van der Waals surface area contributed by atoms with Crippen LogP contribution in [0.1, 0.15) is 23.6 Å². The number of benzene rings is 3. The lowest BCUT2D eigenvalue weighted by atomic mass is 10.00. The van der Waals surface area contributed by atoms with Crippen LogP contribution < -0.4 is 14.5 Å². The van der Waals surface area contributed by atoms with Crippen molar-refractivity contribution in [3.8, 4) is 11.5 Å². The highest BCUT2D eigenvalue weighted by atomic mass is 35.5. The average molecular weight is 419 g/mol. The molecule has 0 amide bonds. The molecular formula is C25H23ClN2O2. The molecule has 1 aliphatic rings. The van der Waals surface area contributed by atoms with Gasteiger partial charge in [0.2, 0.25) is 0 Å². The van der Waals surface area contributed by atoms with Gasteiger partial charge in [0.25, 0.3) is 0 Å². The Hall–Kier alpha value is -3.24. The first-order chi connectivity index (χ1) is 14.7. The summed E-state index contributed by atoms with van der Waals surface area (Å²) in [6.07, 6.45) is 4.92. The van der Waals surface area contributed by atoms with Crippen molar-refractivity contribution >= 4 is 29.1 Å². The zero-order valence-electron chi connectivity index (χ0n) is 17.0. The molecule has 1 heterocycles. The SMILES string of the molecule is COc1ccc(/C=C/C2=NN(c3ccc(Cl)cc3)[C@H](c3ccccc3OC)C2)cc1. The van der Waals surface area contributed by atoms with Crippen LogP contribution in [0, 0.1) is 0 Å². The number of nitrogens with zero attached hydrogens (tertiary/aromatic N) is 2. The minimum Gasteiger partial charge on any atom is -0.497 e. The number of halogens is 1. The van der Waals surface area contributed by atoms with E-state index in [1.807, 2.05) is 71.7 Å². The van der Waals surface area contributed by atoms with E-state index in [0.717, 1.165) is 40.4 Å². The summed E-state index contributed by atoms with van der Waals surface area (Å²) in [6.45, 7) is 0. The number of rotatable bonds is 6. The summed E-state index contributed by atoms with van der Waals surface area (Å²) in [5.74, 6) is 1.70. The molecule has 1 aliphatic heterocycles. The Morgan fingerprint density at radius 3 is 2.33 bits per heavy atom. The van der Waals surface area contributed by atoms with Gasteiger partial charge in [-0.25, -0.2) is 0 Å². The maximum absolute atomic E-state index is 6.09. The van der Waals surface area contributed by atoms with E-state index in [2.05, 4.69) is 18.2 Å². The van der Waals surface area contributed by atoms with Crippen LogP contribution in [0.15, 0.2) is 84.0 Å². The van der Waals surface area contributed by atoms with Crippen molar-refractivity contribution in [1.29, 1.82) is 0 Å². The lowest BCUT2D eigenvalue weighted by molar-refractivity contribution is 0.405. The van der Waals surface area contributed by atoms with E-state index in [1.165, 1.54) is 0 Å². The number of para-hydroxylation sites is 1. The van der Waals surface area contributed by atoms with Crippen LogP contribution in [0.2, 0.25) is 5.02 Å². The van der Waals surface area contributed by atoms with Crippen LogP contribution in [-0.2, 0) is 0 Å². The molecule has 0 aromatic heterocycles. The molecule has 0 saturated heterocycles. The molecule has 152 valence electrons. The molecule has 0 spiro atoms. The lowest BCUT2D eigenvalue weighted by Gasteiger charge is -2.25. The van der Waals surface area contributed by atoms with Crippen LogP contribution >= 0.6 is 11.6 Å². The fraction of sp³-hybridized carbons (Fsp3) is 0.160. The zero-order valence-corrected chi connectivity index (χ0v) is 17.7. The summed E-state index contributed by atoms with van der Waals surface area (Å²) >= 11 is 6.09. The molecular weight excluding hydrogens is 396 g/mol. The smallest absolute Gasteiger partial charge is 0.124 e. The fourth-order valence-electron chi connectivity index (χ4n) is 3.56. The highest BCUT2D eigenvalue weighted by Crippen LogP contribution is 2.39. The minimum atomic E-state index is 0.0397. The average Bonchev–Trinajstić information content (AvgIpc) is 3.22. The summed E-state index contributed by atoms with van der Waals surface area (Å²) in [5, 5.41) is 7.66. The number of hydrogen-bond donors (Lipinski definition) is 0. The monoisotopic (exact) mass is 418 g/mol. The van der Waals surface area contributed by atoms with Crippen molar-refractivity contribution in [3.05, 3.63) is 95.0 Å². The van der Waals surface area contributed by atoms with Gasteiger partial charge in [-0.15, -0.1) is 0 Å². The van der Waals surface area contributed by atoms with Gasteiger partial charge in [-0.2, -0.15) is 5.10 Å². The summed E-state index contributed by atoms with van der Waals surface area (Å²) < 4.78 is 10.8. The van der Waals surface area contributed by atoms with Gasteiger partial charge in [-0.1, -0.05) is 48.0 Å². The van der Waals surface area contributed by atoms with E-state index in [1.54, 1.807) is 14.2 Å². The zero-order chi connectivity index (χ0) is 20.9. The highest BCUT2D eigenvalue weighted by Gasteiger charge is 2.30. The van der Waals surface area contributed by atoms with E-state index >= 15 is 0 Å². The Bertz CT molecular complexity index is 1060. The first-order valence-electron chi connectivity index (χ1n) is 9.75. The van der Waals surface area contributed by atoms with E-state index in [9.17, 15) is 0 Å². The minimum absolute atomic E-state index is 0.0397. The van der Waals surface area contributed by atoms with Gasteiger partial charge in [0.1, 0.15) is 11.5 Å². The van der Waals surface area contributed by atoms with Crippen LogP contribution in [0.3, 0.4) is 0 Å². The molecule has 0 saturated carbocycles. The molecule has 3 aromatic rings. The van der Waals surface area contributed by atoms with Crippen LogP contribution in [0.25, 0.3) is 6.08 Å². The van der Waals surface area contributed by atoms with Gasteiger partial charge in [0.15, 0.2) is 0 Å². The van der Waals surface area contributed by atoms with Crippen molar-refractivity contribution in [2.24, 2.45) is 5.10 Å². The maximum Gasteiger partial charge on any atom is 0.124 e. The molecule has 5 heteroatoms. The number of anilines is 1.